The van der Waals surface area contributed by atoms with Gasteiger partial charge in [-0.15, -0.1) is 0 Å². The van der Waals surface area contributed by atoms with Crippen LogP contribution in [0.1, 0.15) is 18.4 Å². The van der Waals surface area contributed by atoms with Crippen LogP contribution >= 0.6 is 0 Å². The van der Waals surface area contributed by atoms with E-state index >= 15 is 0 Å². The van der Waals surface area contributed by atoms with E-state index in [0.29, 0.717) is 18.9 Å². The number of anilines is 1. The highest BCUT2D eigenvalue weighted by molar-refractivity contribution is 5.84. The third kappa shape index (κ3) is 3.61. The number of H-pyrrole nitrogens is 1. The predicted molar refractivity (Wildman–Crippen MR) is 112 cm³/mol. The van der Waals surface area contributed by atoms with Gasteiger partial charge in [-0.25, -0.2) is 19.6 Å². The van der Waals surface area contributed by atoms with E-state index in [4.69, 9.17) is 0 Å². The minimum atomic E-state index is -0.0752. The average molecular weight is 402 g/mol. The van der Waals surface area contributed by atoms with Gasteiger partial charge in [0.05, 0.1) is 5.92 Å². The molecule has 0 saturated carbocycles. The average Bonchev–Trinajstić information content (AvgIpc) is 3.48. The summed E-state index contributed by atoms with van der Waals surface area (Å²) in [4.78, 5) is 30.9. The fraction of sp³-hybridized carbons (Fsp3) is 0.286. The van der Waals surface area contributed by atoms with Crippen molar-refractivity contribution in [2.45, 2.75) is 19.4 Å². The Kier molecular flexibility index (Phi) is 4.84. The topological polar surface area (TPSA) is 105 Å². The third-order valence-electron chi connectivity index (χ3n) is 5.54. The van der Waals surface area contributed by atoms with Crippen molar-refractivity contribution in [2.75, 3.05) is 18.0 Å². The monoisotopic (exact) mass is 402 g/mol. The lowest BCUT2D eigenvalue weighted by molar-refractivity contribution is -0.125. The standard InChI is InChI=1S/C21H22N8O/c30-21(24-10-16-9-23-18-6-2-1-5-17(16)18)15-4-3-7-28(11-15)19-8-20(26-13-25-19)29-14-22-12-27-29/h1-2,5-6,8-9,12-15,23H,3-4,7,10-11H2,(H,24,30). The first kappa shape index (κ1) is 18.3. The van der Waals surface area contributed by atoms with Gasteiger partial charge in [0.1, 0.15) is 24.8 Å². The second kappa shape index (κ2) is 7.94. The van der Waals surface area contributed by atoms with Gasteiger partial charge in [-0.05, 0) is 24.5 Å². The number of amides is 1. The number of fused-ring (bicyclic) bond motifs is 1. The Balaban J connectivity index is 1.25. The molecule has 1 aliphatic rings. The highest BCUT2D eigenvalue weighted by Crippen LogP contribution is 2.23. The van der Waals surface area contributed by atoms with E-state index in [1.54, 1.807) is 11.0 Å². The van der Waals surface area contributed by atoms with Crippen LogP contribution in [0.5, 0.6) is 0 Å². The van der Waals surface area contributed by atoms with Crippen molar-refractivity contribution in [1.29, 1.82) is 0 Å². The molecule has 152 valence electrons. The molecule has 0 spiro atoms. The van der Waals surface area contributed by atoms with E-state index in [9.17, 15) is 4.79 Å². The van der Waals surface area contributed by atoms with Crippen LogP contribution in [-0.2, 0) is 11.3 Å². The smallest absolute Gasteiger partial charge is 0.225 e. The van der Waals surface area contributed by atoms with Crippen molar-refractivity contribution in [3.63, 3.8) is 0 Å². The van der Waals surface area contributed by atoms with Crippen LogP contribution in [0.3, 0.4) is 0 Å². The van der Waals surface area contributed by atoms with Gasteiger partial charge in [0.15, 0.2) is 5.82 Å². The van der Waals surface area contributed by atoms with E-state index in [1.165, 1.54) is 12.7 Å². The summed E-state index contributed by atoms with van der Waals surface area (Å²) in [5, 5.41) is 8.37. The van der Waals surface area contributed by atoms with Gasteiger partial charge in [0.25, 0.3) is 0 Å². The molecule has 30 heavy (non-hydrogen) atoms. The van der Waals surface area contributed by atoms with Crippen molar-refractivity contribution in [3.05, 3.63) is 61.1 Å². The number of benzene rings is 1. The van der Waals surface area contributed by atoms with Crippen LogP contribution in [0.4, 0.5) is 5.82 Å². The number of nitrogens with one attached hydrogen (secondary N) is 2. The van der Waals surface area contributed by atoms with E-state index in [1.807, 2.05) is 30.5 Å². The molecular formula is C21H22N8O. The normalized spacial score (nSPS) is 16.7. The van der Waals surface area contributed by atoms with E-state index in [0.717, 1.165) is 41.7 Å². The molecule has 1 unspecified atom stereocenters. The number of nitrogens with zero attached hydrogens (tertiary/aromatic N) is 6. The highest BCUT2D eigenvalue weighted by atomic mass is 16.1. The molecule has 0 radical (unpaired) electrons. The van der Waals surface area contributed by atoms with E-state index in [-0.39, 0.29) is 11.8 Å². The van der Waals surface area contributed by atoms with Crippen LogP contribution < -0.4 is 10.2 Å². The van der Waals surface area contributed by atoms with Gasteiger partial charge in [-0.1, -0.05) is 18.2 Å². The maximum atomic E-state index is 12.9. The molecule has 4 heterocycles. The maximum absolute atomic E-state index is 12.9. The largest absolute Gasteiger partial charge is 0.361 e. The number of para-hydroxylation sites is 1. The van der Waals surface area contributed by atoms with E-state index in [2.05, 4.69) is 41.3 Å². The Morgan fingerprint density at radius 3 is 3.00 bits per heavy atom. The van der Waals surface area contributed by atoms with E-state index < -0.39 is 0 Å². The number of aromatic amines is 1. The van der Waals surface area contributed by atoms with Crippen molar-refractivity contribution < 1.29 is 4.79 Å². The van der Waals surface area contributed by atoms with Gasteiger partial charge in [-0.2, -0.15) is 5.10 Å². The minimum absolute atomic E-state index is 0.0752. The number of hydrogen-bond acceptors (Lipinski definition) is 6. The number of aromatic nitrogens is 6. The van der Waals surface area contributed by atoms with Crippen molar-refractivity contribution in [2.24, 2.45) is 5.92 Å². The first-order valence-electron chi connectivity index (χ1n) is 10.0. The van der Waals surface area contributed by atoms with Crippen LogP contribution in [0, 0.1) is 5.92 Å². The molecular weight excluding hydrogens is 380 g/mol. The van der Waals surface area contributed by atoms with Crippen LogP contribution in [0.15, 0.2) is 55.5 Å². The SMILES string of the molecule is O=C(NCc1c[nH]c2ccccc12)C1CCCN(c2cc(-n3cncn3)ncn2)C1. The minimum Gasteiger partial charge on any atom is -0.361 e. The Morgan fingerprint density at radius 1 is 1.20 bits per heavy atom. The third-order valence-corrected chi connectivity index (χ3v) is 5.54. The van der Waals surface area contributed by atoms with Gasteiger partial charge in [-0.3, -0.25) is 4.79 Å². The number of rotatable bonds is 5. The summed E-state index contributed by atoms with van der Waals surface area (Å²) in [7, 11) is 0. The molecule has 1 aliphatic heterocycles. The zero-order valence-electron chi connectivity index (χ0n) is 16.4. The number of carbonyl (C=O) groups excluding carboxylic acids is 1. The molecule has 0 aliphatic carbocycles. The molecule has 2 N–H and O–H groups in total. The van der Waals surface area contributed by atoms with Crippen molar-refractivity contribution in [1.82, 2.24) is 35.0 Å². The fourth-order valence-electron chi connectivity index (χ4n) is 3.97. The Labute approximate surface area is 173 Å². The van der Waals surface area contributed by atoms with Crippen LogP contribution in [-0.4, -0.2) is 48.7 Å². The maximum Gasteiger partial charge on any atom is 0.225 e. The zero-order chi connectivity index (χ0) is 20.3. The molecule has 1 aromatic carbocycles. The Bertz CT molecular complexity index is 1150. The second-order valence-electron chi connectivity index (χ2n) is 7.44. The van der Waals surface area contributed by atoms with Crippen LogP contribution in [0.2, 0.25) is 0 Å². The lowest BCUT2D eigenvalue weighted by Crippen LogP contribution is -2.43. The highest BCUT2D eigenvalue weighted by Gasteiger charge is 2.27. The molecule has 5 rings (SSSR count). The van der Waals surface area contributed by atoms with Gasteiger partial charge < -0.3 is 15.2 Å². The molecule has 1 amide bonds. The van der Waals surface area contributed by atoms with Gasteiger partial charge >= 0.3 is 0 Å². The first-order valence-corrected chi connectivity index (χ1v) is 10.0. The van der Waals surface area contributed by atoms with Gasteiger partial charge in [0.2, 0.25) is 5.91 Å². The summed E-state index contributed by atoms with van der Waals surface area (Å²) >= 11 is 0. The number of hydrogen-bond donors (Lipinski definition) is 2. The molecule has 1 fully saturated rings. The summed E-state index contributed by atoms with van der Waals surface area (Å²) in [6, 6.07) is 9.99. The molecule has 1 atom stereocenters. The summed E-state index contributed by atoms with van der Waals surface area (Å²) < 4.78 is 1.60. The zero-order valence-corrected chi connectivity index (χ0v) is 16.4. The Morgan fingerprint density at radius 2 is 2.10 bits per heavy atom. The lowest BCUT2D eigenvalue weighted by Gasteiger charge is -2.32. The molecule has 1 saturated heterocycles. The lowest BCUT2D eigenvalue weighted by atomic mass is 9.97. The molecule has 4 aromatic rings. The molecule has 3 aromatic heterocycles. The Hall–Kier alpha value is -3.75. The quantitative estimate of drug-likeness (QED) is 0.530. The summed E-state index contributed by atoms with van der Waals surface area (Å²) in [6.45, 7) is 2.01. The predicted octanol–water partition coefficient (Wildman–Crippen LogP) is 2.07. The fourth-order valence-corrected chi connectivity index (χ4v) is 3.97. The molecule has 9 heteroatoms. The number of carbonyl (C=O) groups is 1. The second-order valence-corrected chi connectivity index (χ2v) is 7.44. The summed E-state index contributed by atoms with van der Waals surface area (Å²) in [5.41, 5.74) is 2.18. The van der Waals surface area contributed by atoms with Crippen LogP contribution in [0.25, 0.3) is 16.7 Å². The van der Waals surface area contributed by atoms with Crippen molar-refractivity contribution >= 4 is 22.6 Å². The molecule has 9 nitrogen and oxygen atoms in total. The summed E-state index contributed by atoms with van der Waals surface area (Å²) in [5.74, 6) is 1.46. The van der Waals surface area contributed by atoms with Gasteiger partial charge in [0, 0.05) is 42.8 Å². The van der Waals surface area contributed by atoms with Crippen molar-refractivity contribution in [3.8, 4) is 5.82 Å². The first-order chi connectivity index (χ1) is 14.8. The molecule has 0 bridgehead atoms. The summed E-state index contributed by atoms with van der Waals surface area (Å²) in [6.07, 6.45) is 8.36. The number of piperidine rings is 1.